The molecule has 0 amide bonds. The van der Waals surface area contributed by atoms with Crippen LogP contribution in [0.15, 0.2) is 97.3 Å². The van der Waals surface area contributed by atoms with Crippen LogP contribution in [0.4, 0.5) is 17.1 Å². The number of halogens is 1. The standard InChI is InChI=1S/C20H18N2O4.C13H12ClNO2.C7H7NO2.C2H3N/c1-3-26-20(25)15-11-21-16-9-8-12(2)10-14(16)18(15)22-17-7-5-4-6-13(17)19(23)24;1-3-17-13(16)10-7-15-11-5-4-8(2)6-9(11)12(10)14;8-6-4-2-1-3-5(6)7(9)10;1-2-3/h4-11H,3H2,1-2H3,(H,21,22)(H,23,24);4-7H,3H2,1-2H3;1-4H,8H2,(H,9,10);1H3. The fraction of sp³-hybridized carbons (Fsp3) is 0.167. The second kappa shape index (κ2) is 21.0. The van der Waals surface area contributed by atoms with Crippen LogP contribution in [0.1, 0.15) is 73.3 Å². The highest BCUT2D eigenvalue weighted by molar-refractivity contribution is 6.38. The molecule has 0 aliphatic heterocycles. The molecule has 0 atom stereocenters. The Morgan fingerprint density at radius 3 is 1.71 bits per heavy atom. The van der Waals surface area contributed by atoms with E-state index in [0.717, 1.165) is 27.4 Å². The van der Waals surface area contributed by atoms with E-state index in [-0.39, 0.29) is 23.3 Å². The van der Waals surface area contributed by atoms with Gasteiger partial charge in [0.05, 0.1) is 63.4 Å². The molecule has 6 aromatic rings. The number of hydrogen-bond acceptors (Lipinski definition) is 11. The summed E-state index contributed by atoms with van der Waals surface area (Å²) in [5.41, 5.74) is 10.9. The molecule has 6 rings (SSSR count). The zero-order valence-electron chi connectivity index (χ0n) is 31.3. The monoisotopic (exact) mass is 777 g/mol. The zero-order chi connectivity index (χ0) is 41.4. The summed E-state index contributed by atoms with van der Waals surface area (Å²) in [6, 6.07) is 26.1. The number of nitrogen functional groups attached to an aromatic ring is 1. The van der Waals surface area contributed by atoms with Crippen molar-refractivity contribution in [2.45, 2.75) is 34.6 Å². The fourth-order valence-corrected chi connectivity index (χ4v) is 5.31. The van der Waals surface area contributed by atoms with E-state index in [1.54, 1.807) is 56.3 Å². The molecule has 0 aliphatic carbocycles. The lowest BCUT2D eigenvalue weighted by Crippen LogP contribution is -2.10. The van der Waals surface area contributed by atoms with Crippen LogP contribution >= 0.6 is 11.6 Å². The molecular formula is C42H40ClN5O8. The van der Waals surface area contributed by atoms with Crippen molar-refractivity contribution in [2.75, 3.05) is 24.3 Å². The number of nitriles is 1. The molecule has 2 heterocycles. The van der Waals surface area contributed by atoms with Crippen molar-refractivity contribution in [1.82, 2.24) is 9.97 Å². The molecule has 0 bridgehead atoms. The number of carbonyl (C=O) groups is 4. The van der Waals surface area contributed by atoms with Crippen LogP contribution in [0.3, 0.4) is 0 Å². The molecule has 0 spiro atoms. The molecule has 0 saturated heterocycles. The normalized spacial score (nSPS) is 9.88. The Bertz CT molecular complexity index is 2410. The number of nitrogens with zero attached hydrogens (tertiary/aromatic N) is 3. The third-order valence-electron chi connectivity index (χ3n) is 7.58. The number of aryl methyl sites for hydroxylation is 2. The van der Waals surface area contributed by atoms with Crippen LogP contribution in [0, 0.1) is 25.2 Å². The predicted octanol–water partition coefficient (Wildman–Crippen LogP) is 9.03. The lowest BCUT2D eigenvalue weighted by atomic mass is 10.1. The van der Waals surface area contributed by atoms with Crippen molar-refractivity contribution in [2.24, 2.45) is 0 Å². The Hall–Kier alpha value is -7.04. The van der Waals surface area contributed by atoms with E-state index < -0.39 is 23.9 Å². The first-order valence-corrected chi connectivity index (χ1v) is 17.4. The molecule has 0 aliphatic rings. The largest absolute Gasteiger partial charge is 0.478 e. The number of nitrogens with two attached hydrogens (primary N) is 1. The van der Waals surface area contributed by atoms with Crippen molar-refractivity contribution < 1.29 is 38.9 Å². The molecular weight excluding hydrogens is 738 g/mol. The van der Waals surface area contributed by atoms with Crippen molar-refractivity contribution >= 4 is 74.3 Å². The third-order valence-corrected chi connectivity index (χ3v) is 7.99. The number of esters is 2. The summed E-state index contributed by atoms with van der Waals surface area (Å²) in [4.78, 5) is 54.4. The SMILES string of the molecule is CC#N.CCOC(=O)c1cnc2ccc(C)cc2c1Cl.CCOC(=O)c1cnc2ccc(C)cc2c1Nc1ccccc1C(=O)O.Nc1ccccc1C(=O)O. The van der Waals surface area contributed by atoms with Crippen molar-refractivity contribution in [3.8, 4) is 6.07 Å². The molecule has 56 heavy (non-hydrogen) atoms. The highest BCUT2D eigenvalue weighted by Gasteiger charge is 2.19. The van der Waals surface area contributed by atoms with Crippen LogP contribution < -0.4 is 11.1 Å². The lowest BCUT2D eigenvalue weighted by Gasteiger charge is -2.16. The van der Waals surface area contributed by atoms with Gasteiger partial charge in [-0.1, -0.05) is 59.1 Å². The number of anilines is 3. The first-order chi connectivity index (χ1) is 26.8. The van der Waals surface area contributed by atoms with Crippen molar-refractivity contribution in [1.29, 1.82) is 5.26 Å². The number of rotatable bonds is 8. The molecule has 0 unspecified atom stereocenters. The van der Waals surface area contributed by atoms with Gasteiger partial charge in [0.15, 0.2) is 0 Å². The number of benzene rings is 4. The lowest BCUT2D eigenvalue weighted by molar-refractivity contribution is 0.0517. The Balaban J connectivity index is 0.000000239. The van der Waals surface area contributed by atoms with Crippen LogP contribution in [0.2, 0.25) is 5.02 Å². The number of nitrogens with one attached hydrogen (secondary N) is 1. The second-order valence-corrected chi connectivity index (χ2v) is 12.0. The van der Waals surface area contributed by atoms with Gasteiger partial charge < -0.3 is 30.7 Å². The van der Waals surface area contributed by atoms with E-state index >= 15 is 0 Å². The first-order valence-electron chi connectivity index (χ1n) is 17.0. The number of aromatic nitrogens is 2. The summed E-state index contributed by atoms with van der Waals surface area (Å²) in [6.07, 6.45) is 2.90. The Labute approximate surface area is 328 Å². The van der Waals surface area contributed by atoms with Gasteiger partial charge in [-0.25, -0.2) is 19.2 Å². The Kier molecular flexibility index (Phi) is 16.3. The maximum atomic E-state index is 12.4. The Morgan fingerprint density at radius 2 is 1.20 bits per heavy atom. The topological polar surface area (TPSA) is 215 Å². The van der Waals surface area contributed by atoms with Gasteiger partial charge in [0.2, 0.25) is 0 Å². The number of ether oxygens (including phenoxy) is 2. The molecule has 288 valence electrons. The van der Waals surface area contributed by atoms with Gasteiger partial charge >= 0.3 is 23.9 Å². The molecule has 0 saturated carbocycles. The van der Waals surface area contributed by atoms with Crippen molar-refractivity contribution in [3.05, 3.63) is 136 Å². The second-order valence-electron chi connectivity index (χ2n) is 11.6. The van der Waals surface area contributed by atoms with Crippen LogP contribution in [0.5, 0.6) is 0 Å². The minimum atomic E-state index is -1.06. The van der Waals surface area contributed by atoms with E-state index in [0.29, 0.717) is 39.8 Å². The maximum Gasteiger partial charge on any atom is 0.341 e. The third kappa shape index (κ3) is 11.5. The number of fused-ring (bicyclic) bond motifs is 2. The molecule has 0 radical (unpaired) electrons. The smallest absolute Gasteiger partial charge is 0.341 e. The number of para-hydroxylation sites is 2. The summed E-state index contributed by atoms with van der Waals surface area (Å²) in [5.74, 6) is -2.99. The molecule has 14 heteroatoms. The molecule has 5 N–H and O–H groups in total. The highest BCUT2D eigenvalue weighted by atomic mass is 35.5. The number of carbonyl (C=O) groups excluding carboxylic acids is 2. The minimum absolute atomic E-state index is 0.111. The number of pyridine rings is 2. The van der Waals surface area contributed by atoms with Crippen LogP contribution in [-0.2, 0) is 9.47 Å². The van der Waals surface area contributed by atoms with Gasteiger partial charge in [0.1, 0.15) is 5.56 Å². The summed E-state index contributed by atoms with van der Waals surface area (Å²) >= 11 is 6.20. The zero-order valence-corrected chi connectivity index (χ0v) is 32.0. The highest BCUT2D eigenvalue weighted by Crippen LogP contribution is 2.32. The van der Waals surface area contributed by atoms with Gasteiger partial charge in [-0.15, -0.1) is 0 Å². The van der Waals surface area contributed by atoms with Gasteiger partial charge in [0, 0.05) is 35.8 Å². The quantitative estimate of drug-likeness (QED) is 0.0839. The molecule has 0 fully saturated rings. The number of aromatic carboxylic acids is 2. The molecule has 13 nitrogen and oxygen atoms in total. The summed E-state index contributed by atoms with van der Waals surface area (Å²) < 4.78 is 10.1. The number of carboxylic acids is 2. The molecule has 2 aromatic heterocycles. The van der Waals surface area contributed by atoms with Gasteiger partial charge in [-0.3, -0.25) is 9.97 Å². The fourth-order valence-electron chi connectivity index (χ4n) is 5.04. The van der Waals surface area contributed by atoms with E-state index in [4.69, 9.17) is 37.2 Å². The maximum absolute atomic E-state index is 12.4. The summed E-state index contributed by atoms with van der Waals surface area (Å²) in [7, 11) is 0. The predicted molar refractivity (Wildman–Crippen MR) is 216 cm³/mol. The number of carboxylic acid groups (broad SMARTS) is 2. The summed E-state index contributed by atoms with van der Waals surface area (Å²) in [6.45, 7) is 9.36. The van der Waals surface area contributed by atoms with Crippen LogP contribution in [-0.4, -0.2) is 57.3 Å². The average molecular weight is 778 g/mol. The van der Waals surface area contributed by atoms with Gasteiger partial charge in [-0.2, -0.15) is 5.26 Å². The Morgan fingerprint density at radius 1 is 0.732 bits per heavy atom. The van der Waals surface area contributed by atoms with Crippen molar-refractivity contribution in [3.63, 3.8) is 0 Å². The van der Waals surface area contributed by atoms with E-state index in [1.165, 1.54) is 31.5 Å². The summed E-state index contributed by atoms with van der Waals surface area (Å²) in [5, 5.41) is 30.2. The van der Waals surface area contributed by atoms with Gasteiger partial charge in [-0.05, 0) is 76.2 Å². The number of hydrogen-bond donors (Lipinski definition) is 4. The van der Waals surface area contributed by atoms with E-state index in [1.807, 2.05) is 50.2 Å². The molecule has 4 aromatic carbocycles. The first kappa shape index (κ1) is 43.4. The van der Waals surface area contributed by atoms with E-state index in [2.05, 4.69) is 15.3 Å². The van der Waals surface area contributed by atoms with E-state index in [9.17, 15) is 24.3 Å². The average Bonchev–Trinajstić information content (AvgIpc) is 3.16. The van der Waals surface area contributed by atoms with Gasteiger partial charge in [0.25, 0.3) is 0 Å². The van der Waals surface area contributed by atoms with Crippen LogP contribution in [0.25, 0.3) is 21.8 Å². The minimum Gasteiger partial charge on any atom is -0.478 e.